The molecule has 0 saturated carbocycles. The SMILES string of the molecule is c1ccc(-c2nc(-c3ccccc3)nc(-c3ccccc3-c3ccc4c(c3)C3(c5ccccc5-4)c4ccccc4-c4oc5ccccc5c43)n2)cc1. The molecule has 2 heterocycles. The van der Waals surface area contributed by atoms with Gasteiger partial charge in [0.25, 0.3) is 0 Å². The van der Waals surface area contributed by atoms with Crippen molar-refractivity contribution in [2.75, 3.05) is 0 Å². The summed E-state index contributed by atoms with van der Waals surface area (Å²) in [5.41, 5.74) is 14.0. The van der Waals surface area contributed by atoms with Crippen molar-refractivity contribution in [2.24, 2.45) is 0 Å². The van der Waals surface area contributed by atoms with E-state index in [0.29, 0.717) is 17.5 Å². The maximum absolute atomic E-state index is 6.72. The zero-order chi connectivity index (χ0) is 34.2. The van der Waals surface area contributed by atoms with E-state index < -0.39 is 5.41 Å². The molecule has 1 spiro atoms. The van der Waals surface area contributed by atoms with Crippen LogP contribution in [0.25, 0.3) is 78.7 Å². The Balaban J connectivity index is 1.17. The van der Waals surface area contributed by atoms with Gasteiger partial charge in [0.1, 0.15) is 11.3 Å². The average molecular weight is 664 g/mol. The molecule has 0 radical (unpaired) electrons. The van der Waals surface area contributed by atoms with Crippen LogP contribution in [0.15, 0.2) is 180 Å². The van der Waals surface area contributed by atoms with Crippen LogP contribution in [0.1, 0.15) is 22.3 Å². The van der Waals surface area contributed by atoms with Crippen molar-refractivity contribution >= 4 is 11.0 Å². The Kier molecular flexibility index (Phi) is 6.13. The summed E-state index contributed by atoms with van der Waals surface area (Å²) in [7, 11) is 0. The normalized spacial score (nSPS) is 15.0. The third kappa shape index (κ3) is 4.00. The molecule has 52 heavy (non-hydrogen) atoms. The monoisotopic (exact) mass is 663 g/mol. The molecule has 7 aromatic carbocycles. The number of para-hydroxylation sites is 1. The Hall–Kier alpha value is -6.91. The quantitative estimate of drug-likeness (QED) is 0.188. The third-order valence-corrected chi connectivity index (χ3v) is 10.8. The molecular weight excluding hydrogens is 635 g/mol. The smallest absolute Gasteiger partial charge is 0.164 e. The highest BCUT2D eigenvalue weighted by Gasteiger charge is 2.54. The maximum Gasteiger partial charge on any atom is 0.164 e. The number of benzene rings is 7. The highest BCUT2D eigenvalue weighted by molar-refractivity contribution is 6.02. The third-order valence-electron chi connectivity index (χ3n) is 10.8. The molecule has 1 unspecified atom stereocenters. The number of furan rings is 1. The van der Waals surface area contributed by atoms with Crippen LogP contribution in [-0.4, -0.2) is 15.0 Å². The molecule has 0 aliphatic heterocycles. The highest BCUT2D eigenvalue weighted by Crippen LogP contribution is 2.65. The van der Waals surface area contributed by atoms with Gasteiger partial charge in [0.05, 0.1) is 5.41 Å². The first-order valence-corrected chi connectivity index (χ1v) is 17.6. The summed E-state index contributed by atoms with van der Waals surface area (Å²) in [6, 6.07) is 61.8. The van der Waals surface area contributed by atoms with Crippen LogP contribution in [0, 0.1) is 0 Å². The molecule has 2 aliphatic carbocycles. The van der Waals surface area contributed by atoms with E-state index in [1.807, 2.05) is 60.7 Å². The average Bonchev–Trinajstić information content (AvgIpc) is 3.85. The Morgan fingerprint density at radius 1 is 0.365 bits per heavy atom. The Bertz CT molecular complexity index is 2800. The first-order valence-electron chi connectivity index (χ1n) is 17.6. The summed E-state index contributed by atoms with van der Waals surface area (Å²) < 4.78 is 6.72. The van der Waals surface area contributed by atoms with Crippen molar-refractivity contribution in [1.29, 1.82) is 0 Å². The van der Waals surface area contributed by atoms with Gasteiger partial charge in [-0.05, 0) is 51.1 Å². The lowest BCUT2D eigenvalue weighted by Gasteiger charge is -2.30. The largest absolute Gasteiger partial charge is 0.456 e. The van der Waals surface area contributed by atoms with E-state index in [0.717, 1.165) is 50.1 Å². The van der Waals surface area contributed by atoms with E-state index in [4.69, 9.17) is 19.4 Å². The van der Waals surface area contributed by atoms with Crippen molar-refractivity contribution in [2.45, 2.75) is 5.41 Å². The van der Waals surface area contributed by atoms with Crippen LogP contribution in [-0.2, 0) is 5.41 Å². The van der Waals surface area contributed by atoms with E-state index in [9.17, 15) is 0 Å². The van der Waals surface area contributed by atoms with Crippen molar-refractivity contribution in [1.82, 2.24) is 15.0 Å². The van der Waals surface area contributed by atoms with Crippen molar-refractivity contribution in [3.05, 3.63) is 198 Å². The van der Waals surface area contributed by atoms with Gasteiger partial charge >= 0.3 is 0 Å². The zero-order valence-corrected chi connectivity index (χ0v) is 28.0. The molecular formula is C48H29N3O. The van der Waals surface area contributed by atoms with Crippen LogP contribution < -0.4 is 0 Å². The van der Waals surface area contributed by atoms with Gasteiger partial charge < -0.3 is 4.42 Å². The van der Waals surface area contributed by atoms with Gasteiger partial charge in [0, 0.05) is 33.2 Å². The number of hydrogen-bond donors (Lipinski definition) is 0. The molecule has 4 nitrogen and oxygen atoms in total. The van der Waals surface area contributed by atoms with Crippen LogP contribution in [0.2, 0.25) is 0 Å². The lowest BCUT2D eigenvalue weighted by molar-refractivity contribution is 0.628. The van der Waals surface area contributed by atoms with Crippen LogP contribution in [0.5, 0.6) is 0 Å². The van der Waals surface area contributed by atoms with Gasteiger partial charge in [-0.15, -0.1) is 0 Å². The first kappa shape index (κ1) is 28.9. The summed E-state index contributed by atoms with van der Waals surface area (Å²) in [5, 5.41) is 1.15. The molecule has 0 amide bonds. The molecule has 11 rings (SSSR count). The Morgan fingerprint density at radius 3 is 1.60 bits per heavy atom. The molecule has 242 valence electrons. The molecule has 0 N–H and O–H groups in total. The lowest BCUT2D eigenvalue weighted by atomic mass is 9.70. The predicted octanol–water partition coefficient (Wildman–Crippen LogP) is 11.6. The van der Waals surface area contributed by atoms with Crippen molar-refractivity contribution in [3.63, 3.8) is 0 Å². The Morgan fingerprint density at radius 2 is 0.885 bits per heavy atom. The standard InChI is InChI=1S/C48H29N3O/c1-3-15-30(16-4-1)45-49-46(31-17-5-2-6-18-31)51-47(50-45)36-21-8-7-19-33(36)32-27-28-35-34-20-9-12-24-39(34)48(41(35)29-32)40-25-13-10-22-37(40)44-43(48)38-23-11-14-26-42(38)52-44/h1-29H. The highest BCUT2D eigenvalue weighted by atomic mass is 16.3. The number of fused-ring (bicyclic) bond motifs is 12. The van der Waals surface area contributed by atoms with Gasteiger partial charge in [0.2, 0.25) is 0 Å². The predicted molar refractivity (Wildman–Crippen MR) is 208 cm³/mol. The molecule has 0 bridgehead atoms. The van der Waals surface area contributed by atoms with Crippen LogP contribution >= 0.6 is 0 Å². The summed E-state index contributed by atoms with van der Waals surface area (Å²) in [5.74, 6) is 2.88. The number of aromatic nitrogens is 3. The van der Waals surface area contributed by atoms with Gasteiger partial charge in [-0.25, -0.2) is 15.0 Å². The van der Waals surface area contributed by atoms with Crippen molar-refractivity contribution < 1.29 is 4.42 Å². The van der Waals surface area contributed by atoms with Gasteiger partial charge in [-0.3, -0.25) is 0 Å². The molecule has 2 aromatic heterocycles. The second kappa shape index (κ2) is 11.0. The van der Waals surface area contributed by atoms with E-state index in [1.165, 1.54) is 33.4 Å². The van der Waals surface area contributed by atoms with Crippen LogP contribution in [0.4, 0.5) is 0 Å². The molecule has 0 fully saturated rings. The minimum atomic E-state index is -0.538. The fourth-order valence-electron chi connectivity index (χ4n) is 8.62. The number of nitrogens with zero attached hydrogens (tertiary/aromatic N) is 3. The fraction of sp³-hybridized carbons (Fsp3) is 0.0208. The first-order chi connectivity index (χ1) is 25.8. The van der Waals surface area contributed by atoms with Gasteiger partial charge in [0.15, 0.2) is 17.5 Å². The van der Waals surface area contributed by atoms with Gasteiger partial charge in [-0.2, -0.15) is 0 Å². The van der Waals surface area contributed by atoms with E-state index in [2.05, 4.69) is 115 Å². The minimum Gasteiger partial charge on any atom is -0.456 e. The fourth-order valence-corrected chi connectivity index (χ4v) is 8.62. The molecule has 0 saturated heterocycles. The van der Waals surface area contributed by atoms with Gasteiger partial charge in [-0.1, -0.05) is 164 Å². The number of rotatable bonds is 4. The Labute approximate surface area is 300 Å². The summed E-state index contributed by atoms with van der Waals surface area (Å²) in [4.78, 5) is 15.2. The summed E-state index contributed by atoms with van der Waals surface area (Å²) >= 11 is 0. The van der Waals surface area contributed by atoms with Crippen LogP contribution in [0.3, 0.4) is 0 Å². The minimum absolute atomic E-state index is 0.538. The van der Waals surface area contributed by atoms with E-state index in [1.54, 1.807) is 0 Å². The second-order valence-electron chi connectivity index (χ2n) is 13.5. The molecule has 2 aliphatic rings. The topological polar surface area (TPSA) is 51.8 Å². The van der Waals surface area contributed by atoms with E-state index in [-0.39, 0.29) is 0 Å². The second-order valence-corrected chi connectivity index (χ2v) is 13.5. The van der Waals surface area contributed by atoms with E-state index >= 15 is 0 Å². The zero-order valence-electron chi connectivity index (χ0n) is 28.0. The lowest BCUT2D eigenvalue weighted by Crippen LogP contribution is -2.25. The summed E-state index contributed by atoms with van der Waals surface area (Å²) in [6.45, 7) is 0. The number of hydrogen-bond acceptors (Lipinski definition) is 4. The van der Waals surface area contributed by atoms with Crippen molar-refractivity contribution in [3.8, 4) is 67.7 Å². The molecule has 9 aromatic rings. The molecule has 1 atom stereocenters. The summed E-state index contributed by atoms with van der Waals surface area (Å²) in [6.07, 6.45) is 0. The molecule has 4 heteroatoms. The maximum atomic E-state index is 6.72.